The second-order valence-corrected chi connectivity index (χ2v) is 9.38. The van der Waals surface area contributed by atoms with Crippen LogP contribution in [0.2, 0.25) is 0 Å². The topological polar surface area (TPSA) is 119 Å². The smallest absolute Gasteiger partial charge is 0.303 e. The number of aliphatic carboxylic acids is 1. The van der Waals surface area contributed by atoms with Crippen molar-refractivity contribution in [3.8, 4) is 0 Å². The van der Waals surface area contributed by atoms with Crippen LogP contribution in [-0.2, 0) is 22.6 Å². The van der Waals surface area contributed by atoms with Crippen LogP contribution in [0.5, 0.6) is 0 Å². The lowest BCUT2D eigenvalue weighted by Crippen LogP contribution is -2.48. The Labute approximate surface area is 211 Å². The number of nitrogens with one attached hydrogen (secondary N) is 1. The number of carboxylic acids is 1. The average Bonchev–Trinajstić information content (AvgIpc) is 3.19. The molecule has 0 spiro atoms. The highest BCUT2D eigenvalue weighted by molar-refractivity contribution is 5.98. The van der Waals surface area contributed by atoms with E-state index in [1.807, 2.05) is 42.2 Å². The fraction of sp³-hybridized carbons (Fsp3) is 0.500. The Morgan fingerprint density at radius 2 is 1.83 bits per heavy atom. The molecule has 0 radical (unpaired) electrons. The van der Waals surface area contributed by atoms with E-state index >= 15 is 0 Å². The van der Waals surface area contributed by atoms with Gasteiger partial charge in [-0.15, -0.1) is 0 Å². The van der Waals surface area contributed by atoms with Crippen LogP contribution < -0.4 is 10.2 Å². The summed E-state index contributed by atoms with van der Waals surface area (Å²) in [5.41, 5.74) is 2.25. The van der Waals surface area contributed by atoms with Gasteiger partial charge in [-0.2, -0.15) is 4.98 Å². The third kappa shape index (κ3) is 5.92. The van der Waals surface area contributed by atoms with Crippen molar-refractivity contribution in [1.29, 1.82) is 0 Å². The van der Waals surface area contributed by atoms with Crippen LogP contribution in [0.15, 0.2) is 30.3 Å². The first-order valence-electron chi connectivity index (χ1n) is 12.6. The fourth-order valence-corrected chi connectivity index (χ4v) is 4.76. The van der Waals surface area contributed by atoms with Gasteiger partial charge >= 0.3 is 5.97 Å². The van der Waals surface area contributed by atoms with Crippen LogP contribution in [0.3, 0.4) is 0 Å². The minimum Gasteiger partial charge on any atom is -0.481 e. The number of anilines is 2. The zero-order valence-corrected chi connectivity index (χ0v) is 20.9. The van der Waals surface area contributed by atoms with E-state index in [1.165, 1.54) is 0 Å². The molecule has 2 N–H and O–H groups in total. The van der Waals surface area contributed by atoms with Gasteiger partial charge in [-0.25, -0.2) is 4.98 Å². The minimum atomic E-state index is -0.851. The summed E-state index contributed by atoms with van der Waals surface area (Å²) in [6, 6.07) is 9.74. The van der Waals surface area contributed by atoms with E-state index in [2.05, 4.69) is 10.3 Å². The fourth-order valence-electron chi connectivity index (χ4n) is 4.76. The van der Waals surface area contributed by atoms with Crippen LogP contribution in [0.4, 0.5) is 11.8 Å². The Morgan fingerprint density at radius 1 is 1.11 bits per heavy atom. The van der Waals surface area contributed by atoms with Gasteiger partial charge in [0.2, 0.25) is 11.9 Å². The summed E-state index contributed by atoms with van der Waals surface area (Å²) in [7, 11) is 0. The van der Waals surface area contributed by atoms with E-state index in [9.17, 15) is 19.5 Å². The van der Waals surface area contributed by atoms with Crippen LogP contribution >= 0.6 is 0 Å². The maximum Gasteiger partial charge on any atom is 0.303 e. The number of fused-ring (bicyclic) bond motifs is 1. The zero-order chi connectivity index (χ0) is 25.7. The molecular weight excluding hydrogens is 460 g/mol. The van der Waals surface area contributed by atoms with Gasteiger partial charge in [0, 0.05) is 57.7 Å². The molecule has 0 aliphatic carbocycles. The Balaban J connectivity index is 1.64. The quantitative estimate of drug-likeness (QED) is 0.517. The van der Waals surface area contributed by atoms with E-state index in [4.69, 9.17) is 4.98 Å². The van der Waals surface area contributed by atoms with Crippen molar-refractivity contribution in [2.24, 2.45) is 0 Å². The van der Waals surface area contributed by atoms with Crippen molar-refractivity contribution in [3.63, 3.8) is 0 Å². The predicted octanol–water partition coefficient (Wildman–Crippen LogP) is 2.40. The summed E-state index contributed by atoms with van der Waals surface area (Å²) in [4.78, 5) is 51.4. The normalized spacial score (nSPS) is 16.2. The number of benzene rings is 1. The number of carbonyl (C=O) groups excluding carboxylic acids is 2. The largest absolute Gasteiger partial charge is 0.481 e. The highest BCUT2D eigenvalue weighted by atomic mass is 16.4. The van der Waals surface area contributed by atoms with Gasteiger partial charge in [0.15, 0.2) is 0 Å². The van der Waals surface area contributed by atoms with E-state index in [0.29, 0.717) is 69.6 Å². The van der Waals surface area contributed by atoms with Gasteiger partial charge < -0.3 is 25.1 Å². The number of hydrogen-bond acceptors (Lipinski definition) is 7. The van der Waals surface area contributed by atoms with Crippen molar-refractivity contribution >= 4 is 29.5 Å². The lowest BCUT2D eigenvalue weighted by Gasteiger charge is -2.34. The zero-order valence-electron chi connectivity index (χ0n) is 20.9. The average molecular weight is 495 g/mol. The Bertz CT molecular complexity index is 1100. The van der Waals surface area contributed by atoms with Crippen molar-refractivity contribution in [2.75, 3.05) is 42.9 Å². The van der Waals surface area contributed by atoms with Crippen LogP contribution in [-0.4, -0.2) is 81.4 Å². The molecule has 1 atom stereocenters. The molecule has 1 fully saturated rings. The molecule has 10 heteroatoms. The summed E-state index contributed by atoms with van der Waals surface area (Å²) < 4.78 is 0. The van der Waals surface area contributed by atoms with Crippen molar-refractivity contribution in [1.82, 2.24) is 19.8 Å². The summed E-state index contributed by atoms with van der Waals surface area (Å²) >= 11 is 0. The molecule has 3 heterocycles. The maximum atomic E-state index is 13.2. The van der Waals surface area contributed by atoms with Gasteiger partial charge in [-0.1, -0.05) is 37.3 Å². The van der Waals surface area contributed by atoms with E-state index in [0.717, 1.165) is 17.5 Å². The molecule has 192 valence electrons. The van der Waals surface area contributed by atoms with Crippen LogP contribution in [0.25, 0.3) is 0 Å². The Morgan fingerprint density at radius 3 is 2.47 bits per heavy atom. The molecule has 1 saturated heterocycles. The monoisotopic (exact) mass is 494 g/mol. The van der Waals surface area contributed by atoms with Crippen molar-refractivity contribution in [2.45, 2.75) is 52.1 Å². The first kappa shape index (κ1) is 25.4. The van der Waals surface area contributed by atoms with Gasteiger partial charge in [-0.3, -0.25) is 14.4 Å². The van der Waals surface area contributed by atoms with Gasteiger partial charge in [0.05, 0.1) is 6.54 Å². The summed E-state index contributed by atoms with van der Waals surface area (Å²) in [6.45, 7) is 6.96. The van der Waals surface area contributed by atoms with Crippen molar-refractivity contribution in [3.05, 3.63) is 47.2 Å². The number of piperazine rings is 1. The van der Waals surface area contributed by atoms with E-state index < -0.39 is 5.97 Å². The highest BCUT2D eigenvalue weighted by Gasteiger charge is 2.34. The third-order valence-corrected chi connectivity index (χ3v) is 6.71. The summed E-state index contributed by atoms with van der Waals surface area (Å²) in [6.07, 6.45) is 1.91. The number of hydrogen-bond donors (Lipinski definition) is 2. The number of aromatic nitrogens is 2. The second-order valence-electron chi connectivity index (χ2n) is 9.38. The molecule has 4 rings (SSSR count). The molecule has 0 unspecified atom stereocenters. The van der Waals surface area contributed by atoms with Gasteiger partial charge in [-0.05, 0) is 24.8 Å². The molecule has 2 aromatic rings. The second kappa shape index (κ2) is 11.4. The number of rotatable bonds is 10. The van der Waals surface area contributed by atoms with Crippen LogP contribution in [0.1, 0.15) is 54.7 Å². The van der Waals surface area contributed by atoms with Crippen LogP contribution in [0, 0.1) is 0 Å². The molecular formula is C26H34N6O4. The molecule has 36 heavy (non-hydrogen) atoms. The first-order chi connectivity index (χ1) is 17.4. The third-order valence-electron chi connectivity index (χ3n) is 6.71. The molecule has 0 bridgehead atoms. The van der Waals surface area contributed by atoms with Crippen molar-refractivity contribution < 1.29 is 19.5 Å². The number of amides is 2. The SMILES string of the molecule is CCCN1Cc2c(N[C@H](CCC(=O)O)Cc3ccccc3)nc(N3CCN(C(C)=O)CC3)nc2C1=O. The number of carbonyl (C=O) groups is 3. The first-order valence-corrected chi connectivity index (χ1v) is 12.6. The molecule has 0 saturated carbocycles. The summed E-state index contributed by atoms with van der Waals surface area (Å²) in [5, 5.41) is 12.8. The van der Waals surface area contributed by atoms with Gasteiger partial charge in [0.1, 0.15) is 11.5 Å². The molecule has 2 amide bonds. The van der Waals surface area contributed by atoms with E-state index in [-0.39, 0.29) is 24.3 Å². The maximum absolute atomic E-state index is 13.2. The van der Waals surface area contributed by atoms with E-state index in [1.54, 1.807) is 16.7 Å². The van der Waals surface area contributed by atoms with Gasteiger partial charge in [0.25, 0.3) is 5.91 Å². The standard InChI is InChI=1S/C26H34N6O4/c1-3-11-32-17-21-23(25(32)36)28-26(31-14-12-30(13-15-31)18(2)33)29-24(21)27-20(9-10-22(34)35)16-19-7-5-4-6-8-19/h4-8,20H,3,9-17H2,1-2H3,(H,34,35)(H,27,28,29)/t20-/m1/s1. The Kier molecular flexibility index (Phi) is 8.02. The highest BCUT2D eigenvalue weighted by Crippen LogP contribution is 2.30. The lowest BCUT2D eigenvalue weighted by atomic mass is 10.0. The molecule has 1 aromatic carbocycles. The molecule has 2 aliphatic heterocycles. The molecule has 1 aromatic heterocycles. The number of carboxylic acid groups (broad SMARTS) is 1. The lowest BCUT2D eigenvalue weighted by molar-refractivity contribution is -0.137. The number of nitrogens with zero attached hydrogens (tertiary/aromatic N) is 5. The molecule has 2 aliphatic rings. The summed E-state index contributed by atoms with van der Waals surface area (Å²) in [5.74, 6) is 0.131. The minimum absolute atomic E-state index is 0.0263. The molecule has 10 nitrogen and oxygen atoms in total. The predicted molar refractivity (Wildman–Crippen MR) is 136 cm³/mol. The Hall–Kier alpha value is -3.69.